The number of benzene rings is 1. The SMILES string of the molecule is OC1CCCNC1C(c1ccc(Cl)cc1)C1CCCCC1. The van der Waals surface area contributed by atoms with Crippen molar-refractivity contribution in [2.75, 3.05) is 6.54 Å². The first-order valence-electron chi connectivity index (χ1n) is 8.42. The van der Waals surface area contributed by atoms with E-state index >= 15 is 0 Å². The average Bonchev–Trinajstić information content (AvgIpc) is 2.52. The number of nitrogens with one attached hydrogen (secondary N) is 1. The molecule has 2 nitrogen and oxygen atoms in total. The van der Waals surface area contributed by atoms with Crippen molar-refractivity contribution >= 4 is 11.6 Å². The summed E-state index contributed by atoms with van der Waals surface area (Å²) in [7, 11) is 0. The molecule has 2 N–H and O–H groups in total. The molecule has 0 bridgehead atoms. The van der Waals surface area contributed by atoms with Crippen LogP contribution in [0.1, 0.15) is 56.4 Å². The van der Waals surface area contributed by atoms with Crippen LogP contribution in [0, 0.1) is 5.92 Å². The zero-order valence-corrected chi connectivity index (χ0v) is 13.4. The smallest absolute Gasteiger partial charge is 0.0699 e. The molecule has 3 atom stereocenters. The Kier molecular flexibility index (Phi) is 5.20. The van der Waals surface area contributed by atoms with Crippen molar-refractivity contribution in [1.82, 2.24) is 5.32 Å². The monoisotopic (exact) mass is 307 g/mol. The fourth-order valence-electron chi connectivity index (χ4n) is 4.21. The van der Waals surface area contributed by atoms with Gasteiger partial charge in [-0.25, -0.2) is 0 Å². The molecule has 0 radical (unpaired) electrons. The molecule has 1 aliphatic heterocycles. The molecule has 21 heavy (non-hydrogen) atoms. The Balaban J connectivity index is 1.87. The van der Waals surface area contributed by atoms with E-state index in [1.54, 1.807) is 0 Å². The average molecular weight is 308 g/mol. The zero-order valence-electron chi connectivity index (χ0n) is 12.6. The maximum Gasteiger partial charge on any atom is 0.0699 e. The van der Waals surface area contributed by atoms with E-state index in [1.165, 1.54) is 37.7 Å². The number of rotatable bonds is 3. The summed E-state index contributed by atoms with van der Waals surface area (Å²) < 4.78 is 0. The lowest BCUT2D eigenvalue weighted by atomic mass is 9.71. The largest absolute Gasteiger partial charge is 0.391 e. The number of hydrogen-bond acceptors (Lipinski definition) is 2. The topological polar surface area (TPSA) is 32.3 Å². The maximum atomic E-state index is 10.5. The van der Waals surface area contributed by atoms with Gasteiger partial charge in [-0.3, -0.25) is 0 Å². The number of aliphatic hydroxyl groups excluding tert-OH is 1. The molecular weight excluding hydrogens is 282 g/mol. The summed E-state index contributed by atoms with van der Waals surface area (Å²) >= 11 is 6.05. The molecule has 1 saturated carbocycles. The molecule has 2 aliphatic rings. The predicted octanol–water partition coefficient (Wildman–Crippen LogP) is 4.12. The second-order valence-corrected chi connectivity index (χ2v) is 7.10. The molecule has 3 unspecified atom stereocenters. The van der Waals surface area contributed by atoms with E-state index in [4.69, 9.17) is 11.6 Å². The van der Waals surface area contributed by atoms with Gasteiger partial charge in [0, 0.05) is 17.0 Å². The van der Waals surface area contributed by atoms with Crippen molar-refractivity contribution in [2.24, 2.45) is 5.92 Å². The quantitative estimate of drug-likeness (QED) is 0.880. The zero-order chi connectivity index (χ0) is 14.7. The second-order valence-electron chi connectivity index (χ2n) is 6.66. The molecule has 116 valence electrons. The minimum Gasteiger partial charge on any atom is -0.391 e. The van der Waals surface area contributed by atoms with Crippen molar-refractivity contribution in [2.45, 2.75) is 63.0 Å². The van der Waals surface area contributed by atoms with E-state index in [9.17, 15) is 5.11 Å². The fourth-order valence-corrected chi connectivity index (χ4v) is 4.34. The van der Waals surface area contributed by atoms with Gasteiger partial charge in [0.25, 0.3) is 0 Å². The van der Waals surface area contributed by atoms with Gasteiger partial charge in [-0.15, -0.1) is 0 Å². The second kappa shape index (κ2) is 7.13. The van der Waals surface area contributed by atoms with Gasteiger partial charge in [-0.05, 0) is 55.8 Å². The van der Waals surface area contributed by atoms with Crippen LogP contribution in [0.25, 0.3) is 0 Å². The third kappa shape index (κ3) is 3.61. The first-order valence-corrected chi connectivity index (χ1v) is 8.80. The highest BCUT2D eigenvalue weighted by molar-refractivity contribution is 6.30. The summed E-state index contributed by atoms with van der Waals surface area (Å²) in [5.74, 6) is 1.10. The highest BCUT2D eigenvalue weighted by atomic mass is 35.5. The van der Waals surface area contributed by atoms with Crippen LogP contribution in [0.2, 0.25) is 5.02 Å². The summed E-state index contributed by atoms with van der Waals surface area (Å²) in [6, 6.07) is 8.49. The van der Waals surface area contributed by atoms with Crippen molar-refractivity contribution < 1.29 is 5.11 Å². The van der Waals surface area contributed by atoms with Crippen molar-refractivity contribution in [3.63, 3.8) is 0 Å². The third-order valence-electron chi connectivity index (χ3n) is 5.27. The van der Waals surface area contributed by atoms with Crippen molar-refractivity contribution in [3.05, 3.63) is 34.9 Å². The van der Waals surface area contributed by atoms with Crippen LogP contribution in [-0.2, 0) is 0 Å². The number of hydrogen-bond donors (Lipinski definition) is 2. The van der Waals surface area contributed by atoms with Crippen LogP contribution < -0.4 is 5.32 Å². The van der Waals surface area contributed by atoms with Gasteiger partial charge in [0.2, 0.25) is 0 Å². The lowest BCUT2D eigenvalue weighted by molar-refractivity contribution is 0.0665. The van der Waals surface area contributed by atoms with Crippen LogP contribution in [0.5, 0.6) is 0 Å². The standard InChI is InChI=1S/C18H26ClNO/c19-15-10-8-14(9-11-15)17(13-5-2-1-3-6-13)18-16(21)7-4-12-20-18/h8-11,13,16-18,20-21H,1-7,12H2. The van der Waals surface area contributed by atoms with E-state index in [2.05, 4.69) is 17.4 Å². The van der Waals surface area contributed by atoms with Gasteiger partial charge in [0.1, 0.15) is 0 Å². The Morgan fingerprint density at radius 3 is 2.38 bits per heavy atom. The first kappa shape index (κ1) is 15.3. The molecule has 2 fully saturated rings. The molecule has 1 aliphatic carbocycles. The van der Waals surface area contributed by atoms with Crippen molar-refractivity contribution in [1.29, 1.82) is 0 Å². The Hall–Kier alpha value is -0.570. The third-order valence-corrected chi connectivity index (χ3v) is 5.52. The Morgan fingerprint density at radius 1 is 1.00 bits per heavy atom. The Bertz CT molecular complexity index is 441. The Labute approximate surface area is 132 Å². The molecule has 0 amide bonds. The molecule has 1 heterocycles. The van der Waals surface area contributed by atoms with E-state index < -0.39 is 0 Å². The van der Waals surface area contributed by atoms with Gasteiger partial charge < -0.3 is 10.4 Å². The Morgan fingerprint density at radius 2 is 1.71 bits per heavy atom. The van der Waals surface area contributed by atoms with Crippen LogP contribution in [0.3, 0.4) is 0 Å². The highest BCUT2D eigenvalue weighted by Crippen LogP contribution is 2.40. The molecule has 1 aromatic carbocycles. The lowest BCUT2D eigenvalue weighted by Gasteiger charge is -2.41. The highest BCUT2D eigenvalue weighted by Gasteiger charge is 2.36. The summed E-state index contributed by atoms with van der Waals surface area (Å²) in [4.78, 5) is 0. The summed E-state index contributed by atoms with van der Waals surface area (Å²) in [6.45, 7) is 1.03. The number of halogens is 1. The first-order chi connectivity index (χ1) is 10.3. The summed E-state index contributed by atoms with van der Waals surface area (Å²) in [5.41, 5.74) is 1.34. The van der Waals surface area contributed by atoms with E-state index in [1.807, 2.05) is 12.1 Å². The van der Waals surface area contributed by atoms with Gasteiger partial charge >= 0.3 is 0 Å². The minimum atomic E-state index is -0.221. The summed E-state index contributed by atoms with van der Waals surface area (Å²) in [5, 5.41) is 14.9. The minimum absolute atomic E-state index is 0.197. The predicted molar refractivity (Wildman–Crippen MR) is 87.8 cm³/mol. The van der Waals surface area contributed by atoms with Gasteiger partial charge in [-0.2, -0.15) is 0 Å². The molecule has 3 rings (SSSR count). The molecule has 1 aromatic rings. The van der Waals surface area contributed by atoms with Gasteiger partial charge in [-0.1, -0.05) is 43.0 Å². The maximum absolute atomic E-state index is 10.5. The van der Waals surface area contributed by atoms with E-state index in [0.29, 0.717) is 11.8 Å². The van der Waals surface area contributed by atoms with Crippen molar-refractivity contribution in [3.8, 4) is 0 Å². The van der Waals surface area contributed by atoms with Crippen LogP contribution in [0.15, 0.2) is 24.3 Å². The van der Waals surface area contributed by atoms with Crippen LogP contribution >= 0.6 is 11.6 Å². The van der Waals surface area contributed by atoms with Crippen LogP contribution in [0.4, 0.5) is 0 Å². The molecule has 0 aromatic heterocycles. The van der Waals surface area contributed by atoms with Gasteiger partial charge in [0.05, 0.1) is 6.10 Å². The summed E-state index contributed by atoms with van der Waals surface area (Å²) in [6.07, 6.45) is 8.39. The lowest BCUT2D eigenvalue weighted by Crippen LogP contribution is -2.50. The fraction of sp³-hybridized carbons (Fsp3) is 0.667. The number of piperidine rings is 1. The molecular formula is C18H26ClNO. The normalized spacial score (nSPS) is 29.2. The molecule has 1 saturated heterocycles. The molecule has 0 spiro atoms. The van der Waals surface area contributed by atoms with Crippen LogP contribution in [-0.4, -0.2) is 23.8 Å². The molecule has 3 heteroatoms. The number of aliphatic hydroxyl groups is 1. The van der Waals surface area contributed by atoms with E-state index in [0.717, 1.165) is 24.4 Å². The van der Waals surface area contributed by atoms with Gasteiger partial charge in [0.15, 0.2) is 0 Å². The van der Waals surface area contributed by atoms with E-state index in [-0.39, 0.29) is 12.1 Å².